The number of sulfonamides is 1. The van der Waals surface area contributed by atoms with Crippen molar-refractivity contribution < 1.29 is 27.4 Å². The van der Waals surface area contributed by atoms with E-state index in [-0.39, 0.29) is 9.92 Å². The summed E-state index contributed by atoms with van der Waals surface area (Å²) < 4.78 is 43.1. The van der Waals surface area contributed by atoms with Gasteiger partial charge in [-0.05, 0) is 44.2 Å². The summed E-state index contributed by atoms with van der Waals surface area (Å²) in [4.78, 5) is 12.4. The Labute approximate surface area is 175 Å². The summed E-state index contributed by atoms with van der Waals surface area (Å²) in [5.74, 6) is 0.756. The van der Waals surface area contributed by atoms with Crippen molar-refractivity contribution in [1.82, 2.24) is 4.72 Å². The van der Waals surface area contributed by atoms with Crippen molar-refractivity contribution in [2.75, 3.05) is 26.1 Å². The number of ether oxygens (including phenoxy) is 3. The Morgan fingerprint density at radius 2 is 1.83 bits per heavy atom. The van der Waals surface area contributed by atoms with Crippen molar-refractivity contribution in [3.05, 3.63) is 41.4 Å². The van der Waals surface area contributed by atoms with E-state index in [9.17, 15) is 13.2 Å². The molecule has 10 heteroatoms. The van der Waals surface area contributed by atoms with Crippen molar-refractivity contribution >= 4 is 33.2 Å². The molecule has 0 spiro atoms. The highest BCUT2D eigenvalue weighted by atomic mass is 35.5. The smallest absolute Gasteiger partial charge is 0.242 e. The normalized spacial score (nSPS) is 12.2. The lowest BCUT2D eigenvalue weighted by atomic mass is 10.2. The van der Waals surface area contributed by atoms with Crippen LogP contribution in [0.15, 0.2) is 41.3 Å². The lowest BCUT2D eigenvalue weighted by Crippen LogP contribution is -2.41. The van der Waals surface area contributed by atoms with E-state index in [1.54, 1.807) is 25.1 Å². The van der Waals surface area contributed by atoms with Gasteiger partial charge < -0.3 is 19.5 Å². The van der Waals surface area contributed by atoms with Crippen molar-refractivity contribution in [2.45, 2.75) is 24.8 Å². The SMILES string of the molecule is CCOc1ccc(S(=O)(=O)N[C@H](C)C(=O)Nc2ccc(OC)cc2OC)cc1Cl. The lowest BCUT2D eigenvalue weighted by molar-refractivity contribution is -0.117. The van der Waals surface area contributed by atoms with Gasteiger partial charge in [-0.1, -0.05) is 11.6 Å². The van der Waals surface area contributed by atoms with E-state index in [0.29, 0.717) is 29.5 Å². The Morgan fingerprint density at radius 1 is 1.10 bits per heavy atom. The van der Waals surface area contributed by atoms with Crippen LogP contribution >= 0.6 is 11.6 Å². The highest BCUT2D eigenvalue weighted by Gasteiger charge is 2.23. The molecule has 0 unspecified atom stereocenters. The number of amides is 1. The van der Waals surface area contributed by atoms with Crippen molar-refractivity contribution in [3.8, 4) is 17.2 Å². The average molecular weight is 443 g/mol. The predicted octanol–water partition coefficient (Wildman–Crippen LogP) is 3.06. The molecule has 2 aromatic rings. The number of benzene rings is 2. The maximum Gasteiger partial charge on any atom is 0.242 e. The molecule has 2 aromatic carbocycles. The molecule has 0 aliphatic carbocycles. The molecule has 0 radical (unpaired) electrons. The molecule has 0 heterocycles. The van der Waals surface area contributed by atoms with E-state index >= 15 is 0 Å². The second-order valence-corrected chi connectivity index (χ2v) is 8.04. The first-order valence-corrected chi connectivity index (χ1v) is 10.6. The minimum absolute atomic E-state index is 0.0763. The van der Waals surface area contributed by atoms with Gasteiger partial charge in [0.1, 0.15) is 17.2 Å². The summed E-state index contributed by atoms with van der Waals surface area (Å²) in [6.07, 6.45) is 0. The van der Waals surface area contributed by atoms with Gasteiger partial charge in [-0.25, -0.2) is 8.42 Å². The van der Waals surface area contributed by atoms with Crippen molar-refractivity contribution in [3.63, 3.8) is 0 Å². The monoisotopic (exact) mass is 442 g/mol. The fraction of sp³-hybridized carbons (Fsp3) is 0.316. The fourth-order valence-corrected chi connectivity index (χ4v) is 3.95. The van der Waals surface area contributed by atoms with Crippen LogP contribution < -0.4 is 24.2 Å². The van der Waals surface area contributed by atoms with E-state index < -0.39 is 22.0 Å². The first-order chi connectivity index (χ1) is 13.7. The topological polar surface area (TPSA) is 103 Å². The Kier molecular flexibility index (Phi) is 7.72. The average Bonchev–Trinajstić information content (AvgIpc) is 2.69. The van der Waals surface area contributed by atoms with Crippen LogP contribution in [-0.4, -0.2) is 41.2 Å². The largest absolute Gasteiger partial charge is 0.497 e. The van der Waals surface area contributed by atoms with Gasteiger partial charge in [0.05, 0.1) is 42.5 Å². The second kappa shape index (κ2) is 9.82. The van der Waals surface area contributed by atoms with Crippen molar-refractivity contribution in [2.24, 2.45) is 0 Å². The molecule has 0 aromatic heterocycles. The zero-order chi connectivity index (χ0) is 21.6. The molecule has 0 bridgehead atoms. The number of nitrogens with one attached hydrogen (secondary N) is 2. The maximum atomic E-state index is 12.6. The molecule has 29 heavy (non-hydrogen) atoms. The van der Waals surface area contributed by atoms with Gasteiger partial charge >= 0.3 is 0 Å². The summed E-state index contributed by atoms with van der Waals surface area (Å²) in [7, 11) is -1.02. The number of carbonyl (C=O) groups is 1. The van der Waals surface area contributed by atoms with Crippen molar-refractivity contribution in [1.29, 1.82) is 0 Å². The van der Waals surface area contributed by atoms with Crippen LogP contribution in [0.3, 0.4) is 0 Å². The number of anilines is 1. The third-order valence-electron chi connectivity index (χ3n) is 3.91. The Bertz CT molecular complexity index is 981. The van der Waals surface area contributed by atoms with Gasteiger partial charge in [0.15, 0.2) is 0 Å². The van der Waals surface area contributed by atoms with E-state index in [4.69, 9.17) is 25.8 Å². The zero-order valence-corrected chi connectivity index (χ0v) is 18.1. The molecule has 0 aliphatic heterocycles. The van der Waals surface area contributed by atoms with Gasteiger partial charge in [-0.3, -0.25) is 4.79 Å². The van der Waals surface area contributed by atoms with E-state index in [1.165, 1.54) is 39.3 Å². The molecule has 0 saturated heterocycles. The molecule has 0 aliphatic rings. The van der Waals surface area contributed by atoms with Crippen LogP contribution in [0, 0.1) is 0 Å². The molecule has 1 atom stereocenters. The first kappa shape index (κ1) is 22.8. The van der Waals surface area contributed by atoms with Crippen LogP contribution in [0.25, 0.3) is 0 Å². The molecule has 158 valence electrons. The van der Waals surface area contributed by atoms with Gasteiger partial charge in [-0.2, -0.15) is 4.72 Å². The summed E-state index contributed by atoms with van der Waals surface area (Å²) in [5.41, 5.74) is 0.383. The quantitative estimate of drug-likeness (QED) is 0.618. The van der Waals surface area contributed by atoms with Gasteiger partial charge in [0.2, 0.25) is 15.9 Å². The summed E-state index contributed by atoms with van der Waals surface area (Å²) in [6, 6.07) is 7.89. The maximum absolute atomic E-state index is 12.6. The molecular weight excluding hydrogens is 420 g/mol. The molecule has 8 nitrogen and oxygen atoms in total. The molecular formula is C19H23ClN2O6S. The van der Waals surface area contributed by atoms with Crippen LogP contribution in [0.4, 0.5) is 5.69 Å². The highest BCUT2D eigenvalue weighted by molar-refractivity contribution is 7.89. The molecule has 0 fully saturated rings. The predicted molar refractivity (Wildman–Crippen MR) is 111 cm³/mol. The minimum atomic E-state index is -3.98. The fourth-order valence-electron chi connectivity index (χ4n) is 2.42. The standard InChI is InChI=1S/C19H23ClN2O6S/c1-5-28-17-9-7-14(11-15(17)20)29(24,25)22-12(2)19(23)21-16-8-6-13(26-3)10-18(16)27-4/h6-12,22H,5H2,1-4H3,(H,21,23)/t12-/m1/s1. The number of hydrogen-bond acceptors (Lipinski definition) is 6. The van der Waals surface area contributed by atoms with E-state index in [2.05, 4.69) is 10.0 Å². The molecule has 2 N–H and O–H groups in total. The number of halogens is 1. The van der Waals surface area contributed by atoms with Crippen LogP contribution in [0.1, 0.15) is 13.8 Å². The Balaban J connectivity index is 2.13. The second-order valence-electron chi connectivity index (χ2n) is 5.92. The van der Waals surface area contributed by atoms with Gasteiger partial charge in [0, 0.05) is 6.07 Å². The van der Waals surface area contributed by atoms with Crippen LogP contribution in [-0.2, 0) is 14.8 Å². The molecule has 0 saturated carbocycles. The third kappa shape index (κ3) is 5.75. The number of hydrogen-bond donors (Lipinski definition) is 2. The van der Waals surface area contributed by atoms with Gasteiger partial charge in [0.25, 0.3) is 0 Å². The Morgan fingerprint density at radius 3 is 2.41 bits per heavy atom. The van der Waals surface area contributed by atoms with E-state index in [0.717, 1.165) is 0 Å². The minimum Gasteiger partial charge on any atom is -0.497 e. The molecule has 1 amide bonds. The van der Waals surface area contributed by atoms with E-state index in [1.807, 2.05) is 0 Å². The summed E-state index contributed by atoms with van der Waals surface area (Å²) >= 11 is 6.06. The number of methoxy groups -OCH3 is 2. The zero-order valence-electron chi connectivity index (χ0n) is 16.5. The highest BCUT2D eigenvalue weighted by Crippen LogP contribution is 2.29. The van der Waals surface area contributed by atoms with Crippen LogP contribution in [0.2, 0.25) is 5.02 Å². The van der Waals surface area contributed by atoms with Crippen LogP contribution in [0.5, 0.6) is 17.2 Å². The summed E-state index contributed by atoms with van der Waals surface area (Å²) in [6.45, 7) is 3.62. The summed E-state index contributed by atoms with van der Waals surface area (Å²) in [5, 5.41) is 2.79. The van der Waals surface area contributed by atoms with Gasteiger partial charge in [-0.15, -0.1) is 0 Å². The first-order valence-electron chi connectivity index (χ1n) is 8.69. The Hall–Kier alpha value is -2.49. The molecule has 2 rings (SSSR count). The lowest BCUT2D eigenvalue weighted by Gasteiger charge is -2.17. The number of rotatable bonds is 9. The third-order valence-corrected chi connectivity index (χ3v) is 5.74. The number of carbonyl (C=O) groups excluding carboxylic acids is 1.